The minimum atomic E-state index is 0.349. The maximum absolute atomic E-state index is 6.12. The Morgan fingerprint density at radius 2 is 2.30 bits per heavy atom. The zero-order chi connectivity index (χ0) is 15.8. The molecule has 2 fully saturated rings. The largest absolute Gasteiger partial charge is 0.377 e. The molecule has 2 aliphatic heterocycles. The van der Waals surface area contributed by atoms with Crippen LogP contribution >= 0.6 is 11.3 Å². The van der Waals surface area contributed by atoms with Crippen LogP contribution < -0.4 is 0 Å². The number of fused-ring (bicyclic) bond motifs is 1. The van der Waals surface area contributed by atoms with E-state index in [0.29, 0.717) is 17.9 Å². The summed E-state index contributed by atoms with van der Waals surface area (Å²) < 4.78 is 11.3. The van der Waals surface area contributed by atoms with E-state index < -0.39 is 0 Å². The molecule has 2 saturated heterocycles. The first-order chi connectivity index (χ1) is 11.2. The number of hydrogen-bond donors (Lipinski definition) is 0. The van der Waals surface area contributed by atoms with Crippen molar-refractivity contribution in [2.24, 2.45) is 11.8 Å². The molecule has 0 aliphatic carbocycles. The summed E-state index contributed by atoms with van der Waals surface area (Å²) in [4.78, 5) is 7.08. The lowest BCUT2D eigenvalue weighted by molar-refractivity contribution is 0.0847. The van der Waals surface area contributed by atoms with Gasteiger partial charge in [0.1, 0.15) is 5.76 Å². The Morgan fingerprint density at radius 1 is 1.39 bits per heavy atom. The minimum absolute atomic E-state index is 0.349. The summed E-state index contributed by atoms with van der Waals surface area (Å²) in [5, 5.41) is 7.46. The summed E-state index contributed by atoms with van der Waals surface area (Å²) in [6.07, 6.45) is 2.53. The van der Waals surface area contributed by atoms with E-state index in [1.54, 1.807) is 11.3 Å². The van der Waals surface area contributed by atoms with Crippen LogP contribution in [-0.4, -0.2) is 40.8 Å². The molecule has 23 heavy (non-hydrogen) atoms. The minimum Gasteiger partial charge on any atom is -0.377 e. The summed E-state index contributed by atoms with van der Waals surface area (Å²) in [7, 11) is 0. The van der Waals surface area contributed by atoms with Crippen molar-refractivity contribution in [1.29, 1.82) is 0 Å². The fourth-order valence-electron chi connectivity index (χ4n) is 3.91. The van der Waals surface area contributed by atoms with Crippen molar-refractivity contribution in [2.45, 2.75) is 39.3 Å². The normalized spacial score (nSPS) is 28.2. The van der Waals surface area contributed by atoms with Gasteiger partial charge in [0.2, 0.25) is 0 Å². The van der Waals surface area contributed by atoms with Gasteiger partial charge in [-0.25, -0.2) is 4.98 Å². The van der Waals surface area contributed by atoms with Crippen LogP contribution in [0.1, 0.15) is 28.6 Å². The molecule has 0 bridgehead atoms. The van der Waals surface area contributed by atoms with Gasteiger partial charge in [-0.05, 0) is 32.7 Å². The molecule has 5 nitrogen and oxygen atoms in total. The Hall–Kier alpha value is -1.24. The molecule has 0 spiro atoms. The van der Waals surface area contributed by atoms with Gasteiger partial charge in [0, 0.05) is 42.6 Å². The van der Waals surface area contributed by atoms with Gasteiger partial charge in [-0.1, -0.05) is 5.16 Å². The van der Waals surface area contributed by atoms with Crippen molar-refractivity contribution >= 4 is 11.3 Å². The van der Waals surface area contributed by atoms with Crippen molar-refractivity contribution in [3.05, 3.63) is 33.6 Å². The fourth-order valence-corrected chi connectivity index (χ4v) is 4.72. The number of nitrogens with zero attached hydrogens (tertiary/aromatic N) is 3. The number of aryl methyl sites for hydroxylation is 2. The topological polar surface area (TPSA) is 51.4 Å². The zero-order valence-electron chi connectivity index (χ0n) is 13.7. The number of thiazole rings is 1. The number of ether oxygens (including phenoxy) is 1. The van der Waals surface area contributed by atoms with Gasteiger partial charge in [-0.15, -0.1) is 11.3 Å². The van der Waals surface area contributed by atoms with Crippen LogP contribution in [-0.2, 0) is 17.7 Å². The molecule has 0 unspecified atom stereocenters. The van der Waals surface area contributed by atoms with E-state index in [9.17, 15) is 0 Å². The van der Waals surface area contributed by atoms with Gasteiger partial charge >= 0.3 is 0 Å². The van der Waals surface area contributed by atoms with E-state index in [1.807, 2.05) is 13.0 Å². The van der Waals surface area contributed by atoms with Gasteiger partial charge in [0.15, 0.2) is 0 Å². The van der Waals surface area contributed by atoms with Crippen LogP contribution in [0.15, 0.2) is 16.0 Å². The molecule has 0 N–H and O–H groups in total. The van der Waals surface area contributed by atoms with E-state index in [1.165, 1.54) is 11.4 Å². The molecular formula is C17H23N3O2S. The van der Waals surface area contributed by atoms with E-state index in [4.69, 9.17) is 9.26 Å². The molecule has 0 saturated carbocycles. The third-order valence-electron chi connectivity index (χ3n) is 4.98. The van der Waals surface area contributed by atoms with Crippen LogP contribution in [0.5, 0.6) is 0 Å². The second kappa shape index (κ2) is 6.34. The second-order valence-corrected chi connectivity index (χ2v) is 7.78. The lowest BCUT2D eigenvalue weighted by atomic mass is 9.83. The Kier molecular flexibility index (Phi) is 4.22. The molecule has 4 heterocycles. The third-order valence-corrected chi connectivity index (χ3v) is 5.97. The van der Waals surface area contributed by atoms with Gasteiger partial charge in [0.05, 0.1) is 23.4 Å². The molecule has 2 aliphatic rings. The maximum Gasteiger partial charge on any atom is 0.133 e. The molecule has 6 heteroatoms. The number of aromatic nitrogens is 2. The van der Waals surface area contributed by atoms with E-state index in [-0.39, 0.29) is 0 Å². The van der Waals surface area contributed by atoms with Crippen LogP contribution in [0.3, 0.4) is 0 Å². The first-order valence-corrected chi connectivity index (χ1v) is 9.22. The molecular weight excluding hydrogens is 310 g/mol. The average Bonchev–Trinajstić information content (AvgIpc) is 3.22. The van der Waals surface area contributed by atoms with Gasteiger partial charge in [0.25, 0.3) is 0 Å². The number of likely N-dealkylation sites (tertiary alicyclic amines) is 1. The van der Waals surface area contributed by atoms with Crippen LogP contribution in [0, 0.1) is 25.7 Å². The van der Waals surface area contributed by atoms with Crippen LogP contribution in [0.2, 0.25) is 0 Å². The molecule has 124 valence electrons. The summed E-state index contributed by atoms with van der Waals surface area (Å²) in [5.41, 5.74) is 2.16. The van der Waals surface area contributed by atoms with E-state index >= 15 is 0 Å². The molecule has 0 aromatic carbocycles. The maximum atomic E-state index is 6.12. The zero-order valence-corrected chi connectivity index (χ0v) is 14.5. The predicted molar refractivity (Wildman–Crippen MR) is 88.4 cm³/mol. The second-order valence-electron chi connectivity index (χ2n) is 6.84. The third kappa shape index (κ3) is 3.34. The standard InChI is InChI=1S/C17H23N3O2S/c1-11-10-23-17(18-11)6-16-15-3-4-20(7-13(15)9-21-16)8-14-5-12(2)22-19-14/h5,10,13,15-16H,3-4,6-9H2,1-2H3/t13-,15-,16-/m1/s1. The lowest BCUT2D eigenvalue weighted by Crippen LogP contribution is -2.41. The summed E-state index contributed by atoms with van der Waals surface area (Å²) in [6.45, 7) is 7.99. The van der Waals surface area contributed by atoms with Crippen molar-refractivity contribution < 1.29 is 9.26 Å². The lowest BCUT2D eigenvalue weighted by Gasteiger charge is -2.35. The highest BCUT2D eigenvalue weighted by Gasteiger charge is 2.41. The van der Waals surface area contributed by atoms with Gasteiger partial charge < -0.3 is 9.26 Å². The molecule has 0 amide bonds. The van der Waals surface area contributed by atoms with E-state index in [0.717, 1.165) is 49.8 Å². The fraction of sp³-hybridized carbons (Fsp3) is 0.647. The first-order valence-electron chi connectivity index (χ1n) is 8.34. The van der Waals surface area contributed by atoms with Crippen molar-refractivity contribution in [3.63, 3.8) is 0 Å². The number of piperidine rings is 1. The smallest absolute Gasteiger partial charge is 0.133 e. The Bertz CT molecular complexity index is 668. The average molecular weight is 333 g/mol. The molecule has 2 aromatic heterocycles. The van der Waals surface area contributed by atoms with Gasteiger partial charge in [-0.3, -0.25) is 4.90 Å². The van der Waals surface area contributed by atoms with E-state index in [2.05, 4.69) is 27.3 Å². The molecule has 2 aromatic rings. The Morgan fingerprint density at radius 3 is 3.04 bits per heavy atom. The van der Waals surface area contributed by atoms with Crippen molar-refractivity contribution in [1.82, 2.24) is 15.0 Å². The predicted octanol–water partition coefficient (Wildman–Crippen LogP) is 2.83. The summed E-state index contributed by atoms with van der Waals surface area (Å²) in [6, 6.07) is 2.03. The summed E-state index contributed by atoms with van der Waals surface area (Å²) >= 11 is 1.76. The van der Waals surface area contributed by atoms with Crippen molar-refractivity contribution in [3.8, 4) is 0 Å². The molecule has 3 atom stereocenters. The highest BCUT2D eigenvalue weighted by atomic mass is 32.1. The number of rotatable bonds is 4. The highest BCUT2D eigenvalue weighted by molar-refractivity contribution is 7.09. The molecule has 0 radical (unpaired) electrons. The quantitative estimate of drug-likeness (QED) is 0.861. The van der Waals surface area contributed by atoms with Crippen molar-refractivity contribution in [2.75, 3.05) is 19.7 Å². The summed E-state index contributed by atoms with van der Waals surface area (Å²) in [5.74, 6) is 2.20. The van der Waals surface area contributed by atoms with Crippen LogP contribution in [0.25, 0.3) is 0 Å². The van der Waals surface area contributed by atoms with Gasteiger partial charge in [-0.2, -0.15) is 0 Å². The first kappa shape index (κ1) is 15.3. The Labute approximate surface area is 140 Å². The monoisotopic (exact) mass is 333 g/mol. The Balaban J connectivity index is 1.35. The SMILES string of the molecule is Cc1csc(C[C@H]2OC[C@H]3CN(Cc4cc(C)on4)CC[C@H]32)n1. The van der Waals surface area contributed by atoms with Crippen LogP contribution in [0.4, 0.5) is 0 Å². The number of hydrogen-bond acceptors (Lipinski definition) is 6. The highest BCUT2D eigenvalue weighted by Crippen LogP contribution is 2.36. The molecule has 4 rings (SSSR count).